The highest BCUT2D eigenvalue weighted by atomic mass is 79.9. The Kier molecular flexibility index (Phi) is 4.38. The first kappa shape index (κ1) is 16.1. The van der Waals surface area contributed by atoms with Gasteiger partial charge in [0.15, 0.2) is 4.96 Å². The molecule has 0 aliphatic carbocycles. The minimum atomic E-state index is -0.0445. The van der Waals surface area contributed by atoms with E-state index in [9.17, 15) is 4.79 Å². The highest BCUT2D eigenvalue weighted by Crippen LogP contribution is 2.24. The summed E-state index contributed by atoms with van der Waals surface area (Å²) in [5.74, 6) is -0.0445. The predicted molar refractivity (Wildman–Crippen MR) is 105 cm³/mol. The highest BCUT2D eigenvalue weighted by Gasteiger charge is 2.12. The minimum absolute atomic E-state index is 0.0445. The summed E-state index contributed by atoms with van der Waals surface area (Å²) in [5.41, 5.74) is 3.71. The lowest BCUT2D eigenvalue weighted by atomic mass is 10.2. The molecule has 2 aromatic carbocycles. The number of rotatable bonds is 4. The fraction of sp³-hybridized carbons (Fsp3) is 0.0526. The van der Waals surface area contributed by atoms with Crippen molar-refractivity contribution in [1.82, 2.24) is 9.38 Å². The third-order valence-electron chi connectivity index (χ3n) is 3.82. The number of nitrogens with zero attached hydrogens (tertiary/aromatic N) is 2. The van der Waals surface area contributed by atoms with E-state index in [4.69, 9.17) is 0 Å². The molecule has 6 heteroatoms. The van der Waals surface area contributed by atoms with Crippen LogP contribution in [-0.4, -0.2) is 15.3 Å². The Bertz CT molecular complexity index is 1020. The van der Waals surface area contributed by atoms with E-state index in [1.165, 1.54) is 0 Å². The van der Waals surface area contributed by atoms with Gasteiger partial charge in [0, 0.05) is 33.0 Å². The Morgan fingerprint density at radius 1 is 1.12 bits per heavy atom. The number of aromatic nitrogens is 2. The zero-order valence-electron chi connectivity index (χ0n) is 13.1. The van der Waals surface area contributed by atoms with Crippen LogP contribution >= 0.6 is 27.3 Å². The Morgan fingerprint density at radius 2 is 1.88 bits per heavy atom. The molecule has 124 valence electrons. The van der Waals surface area contributed by atoms with Crippen molar-refractivity contribution in [2.45, 2.75) is 6.42 Å². The van der Waals surface area contributed by atoms with Crippen LogP contribution in [-0.2, 0) is 11.2 Å². The van der Waals surface area contributed by atoms with Gasteiger partial charge in [-0.2, -0.15) is 0 Å². The summed E-state index contributed by atoms with van der Waals surface area (Å²) in [4.78, 5) is 17.9. The number of anilines is 1. The molecular weight excluding hydrogens is 398 g/mol. The van der Waals surface area contributed by atoms with Crippen molar-refractivity contribution in [3.63, 3.8) is 0 Å². The maximum absolute atomic E-state index is 12.3. The van der Waals surface area contributed by atoms with Gasteiger partial charge in [0.2, 0.25) is 5.91 Å². The molecular formula is C19H14BrN3OS. The summed E-state index contributed by atoms with van der Waals surface area (Å²) in [6, 6.07) is 17.6. The van der Waals surface area contributed by atoms with Crippen LogP contribution in [0.4, 0.5) is 5.69 Å². The lowest BCUT2D eigenvalue weighted by Crippen LogP contribution is -2.15. The average molecular weight is 412 g/mol. The molecule has 25 heavy (non-hydrogen) atoms. The Hall–Kier alpha value is -2.44. The molecule has 0 atom stereocenters. The average Bonchev–Trinajstić information content (AvgIpc) is 3.20. The second-order valence-corrected chi connectivity index (χ2v) is 7.36. The first-order chi connectivity index (χ1) is 12.2. The lowest BCUT2D eigenvalue weighted by Gasteiger charge is -2.05. The van der Waals surface area contributed by atoms with Gasteiger partial charge in [0.1, 0.15) is 0 Å². The predicted octanol–water partition coefficient (Wildman–Crippen LogP) is 5.01. The van der Waals surface area contributed by atoms with Gasteiger partial charge < -0.3 is 5.32 Å². The van der Waals surface area contributed by atoms with Crippen LogP contribution in [0.15, 0.2) is 70.6 Å². The van der Waals surface area contributed by atoms with Gasteiger partial charge in [-0.3, -0.25) is 9.20 Å². The number of benzene rings is 2. The number of hydrogen-bond acceptors (Lipinski definition) is 3. The third-order valence-corrected chi connectivity index (χ3v) is 5.24. The maximum Gasteiger partial charge on any atom is 0.230 e. The maximum atomic E-state index is 12.3. The van der Waals surface area contributed by atoms with E-state index in [1.54, 1.807) is 11.3 Å². The van der Waals surface area contributed by atoms with Gasteiger partial charge in [-0.05, 0) is 24.3 Å². The van der Waals surface area contributed by atoms with Crippen molar-refractivity contribution in [2.75, 3.05) is 5.32 Å². The smallest absolute Gasteiger partial charge is 0.230 e. The number of imidazole rings is 1. The van der Waals surface area contributed by atoms with Gasteiger partial charge in [-0.15, -0.1) is 11.3 Å². The Labute approximate surface area is 157 Å². The summed E-state index contributed by atoms with van der Waals surface area (Å²) >= 11 is 4.93. The zero-order valence-corrected chi connectivity index (χ0v) is 15.5. The molecule has 0 bridgehead atoms. The number of thiazole rings is 1. The van der Waals surface area contributed by atoms with E-state index in [0.29, 0.717) is 6.42 Å². The topological polar surface area (TPSA) is 46.4 Å². The van der Waals surface area contributed by atoms with Gasteiger partial charge in [-0.25, -0.2) is 4.98 Å². The van der Waals surface area contributed by atoms with E-state index in [-0.39, 0.29) is 5.91 Å². The first-order valence-electron chi connectivity index (χ1n) is 7.75. The molecule has 0 spiro atoms. The second kappa shape index (κ2) is 6.82. The number of fused-ring (bicyclic) bond motifs is 1. The quantitative estimate of drug-likeness (QED) is 0.513. The molecule has 2 heterocycles. The minimum Gasteiger partial charge on any atom is -0.326 e. The van der Waals surface area contributed by atoms with Crippen LogP contribution in [0.25, 0.3) is 16.2 Å². The van der Waals surface area contributed by atoms with Crippen molar-refractivity contribution < 1.29 is 4.79 Å². The lowest BCUT2D eigenvalue weighted by molar-refractivity contribution is -0.115. The SMILES string of the molecule is O=C(Cc1csc2nc(-c3ccccc3)cn12)Nc1ccc(Br)cc1. The second-order valence-electron chi connectivity index (χ2n) is 5.60. The van der Waals surface area contributed by atoms with Crippen LogP contribution < -0.4 is 5.32 Å². The zero-order chi connectivity index (χ0) is 17.2. The van der Waals surface area contributed by atoms with Crippen LogP contribution in [0, 0.1) is 0 Å². The largest absolute Gasteiger partial charge is 0.326 e. The van der Waals surface area contributed by atoms with Gasteiger partial charge >= 0.3 is 0 Å². The fourth-order valence-corrected chi connectivity index (χ4v) is 3.74. The molecule has 4 rings (SSSR count). The fourth-order valence-electron chi connectivity index (χ4n) is 2.61. The van der Waals surface area contributed by atoms with Crippen LogP contribution in [0.3, 0.4) is 0 Å². The summed E-state index contributed by atoms with van der Waals surface area (Å²) in [6.45, 7) is 0. The Morgan fingerprint density at radius 3 is 2.64 bits per heavy atom. The molecule has 1 amide bonds. The summed E-state index contributed by atoms with van der Waals surface area (Å²) in [7, 11) is 0. The van der Waals surface area contributed by atoms with Gasteiger partial charge in [0.05, 0.1) is 12.1 Å². The number of carbonyl (C=O) groups excluding carboxylic acids is 1. The molecule has 0 saturated carbocycles. The molecule has 0 unspecified atom stereocenters. The highest BCUT2D eigenvalue weighted by molar-refractivity contribution is 9.10. The van der Waals surface area contributed by atoms with E-state index in [0.717, 1.165) is 32.1 Å². The third kappa shape index (κ3) is 3.50. The van der Waals surface area contributed by atoms with E-state index < -0.39 is 0 Å². The number of carbonyl (C=O) groups is 1. The summed E-state index contributed by atoms with van der Waals surface area (Å²) in [6.07, 6.45) is 2.30. The molecule has 0 aliphatic rings. The van der Waals surface area contributed by atoms with Gasteiger partial charge in [0.25, 0.3) is 0 Å². The molecule has 0 aliphatic heterocycles. The number of halogens is 1. The van der Waals surface area contributed by atoms with E-state index in [2.05, 4.69) is 26.2 Å². The van der Waals surface area contributed by atoms with Crippen LogP contribution in [0.2, 0.25) is 0 Å². The standard InChI is InChI=1S/C19H14BrN3OS/c20-14-6-8-15(9-7-14)21-18(24)10-16-12-25-19-22-17(11-23(16)19)13-4-2-1-3-5-13/h1-9,11-12H,10H2,(H,21,24). The molecule has 4 nitrogen and oxygen atoms in total. The molecule has 1 N–H and O–H groups in total. The van der Waals surface area contributed by atoms with Crippen molar-refractivity contribution in [2.24, 2.45) is 0 Å². The normalized spacial score (nSPS) is 10.9. The summed E-state index contributed by atoms with van der Waals surface area (Å²) in [5, 5.41) is 4.91. The van der Waals surface area contributed by atoms with Crippen molar-refractivity contribution >= 4 is 43.8 Å². The summed E-state index contributed by atoms with van der Waals surface area (Å²) < 4.78 is 2.98. The van der Waals surface area contributed by atoms with Crippen molar-refractivity contribution in [3.8, 4) is 11.3 Å². The molecule has 0 saturated heterocycles. The monoisotopic (exact) mass is 411 g/mol. The van der Waals surface area contributed by atoms with Crippen molar-refractivity contribution in [1.29, 1.82) is 0 Å². The van der Waals surface area contributed by atoms with Crippen LogP contribution in [0.1, 0.15) is 5.69 Å². The van der Waals surface area contributed by atoms with E-state index in [1.807, 2.05) is 70.6 Å². The van der Waals surface area contributed by atoms with Crippen molar-refractivity contribution in [3.05, 3.63) is 76.3 Å². The van der Waals surface area contributed by atoms with Gasteiger partial charge in [-0.1, -0.05) is 46.3 Å². The Balaban J connectivity index is 1.54. The molecule has 0 radical (unpaired) electrons. The number of hydrogen-bond donors (Lipinski definition) is 1. The van der Waals surface area contributed by atoms with Crippen LogP contribution in [0.5, 0.6) is 0 Å². The molecule has 2 aromatic heterocycles. The molecule has 0 fully saturated rings. The number of amides is 1. The molecule has 4 aromatic rings. The van der Waals surface area contributed by atoms with E-state index >= 15 is 0 Å². The number of nitrogens with one attached hydrogen (secondary N) is 1. The first-order valence-corrected chi connectivity index (χ1v) is 9.42.